The number of halogens is 1. The van der Waals surface area contributed by atoms with Crippen LogP contribution in [0.15, 0.2) is 30.6 Å². The van der Waals surface area contributed by atoms with E-state index >= 15 is 0 Å². The van der Waals surface area contributed by atoms with Gasteiger partial charge in [0.25, 0.3) is 0 Å². The van der Waals surface area contributed by atoms with E-state index in [0.717, 1.165) is 63.7 Å². The van der Waals surface area contributed by atoms with Crippen molar-refractivity contribution in [2.75, 3.05) is 6.61 Å². The molecule has 0 atom stereocenters. The lowest BCUT2D eigenvalue weighted by atomic mass is 10.0. The van der Waals surface area contributed by atoms with Gasteiger partial charge in [-0.1, -0.05) is 31.0 Å². The fourth-order valence-corrected chi connectivity index (χ4v) is 4.31. The highest BCUT2D eigenvalue weighted by molar-refractivity contribution is 6.32. The molecular formula is C26H34ClN5O3. The van der Waals surface area contributed by atoms with Crippen LogP contribution in [0, 0.1) is 0 Å². The number of unbranched alkanes of at least 4 members (excludes halogenated alkanes) is 3. The molecule has 0 saturated heterocycles. The molecular weight excluding hydrogens is 466 g/mol. The number of benzene rings is 1. The molecule has 0 fully saturated rings. The number of aromatic nitrogens is 5. The number of hydrogen-bond donors (Lipinski definition) is 1. The van der Waals surface area contributed by atoms with E-state index < -0.39 is 0 Å². The Morgan fingerprint density at radius 1 is 1.14 bits per heavy atom. The van der Waals surface area contributed by atoms with Crippen LogP contribution in [0.25, 0.3) is 0 Å². The Kier molecular flexibility index (Phi) is 10.5. The molecule has 0 bridgehead atoms. The van der Waals surface area contributed by atoms with Crippen molar-refractivity contribution in [3.05, 3.63) is 58.1 Å². The number of aromatic hydroxyl groups is 1. The first-order valence-electron chi connectivity index (χ1n) is 12.3. The Labute approximate surface area is 211 Å². The van der Waals surface area contributed by atoms with Crippen LogP contribution in [0.5, 0.6) is 11.5 Å². The first kappa shape index (κ1) is 26.6. The molecule has 0 aliphatic heterocycles. The van der Waals surface area contributed by atoms with Crippen molar-refractivity contribution < 1.29 is 14.6 Å². The first-order chi connectivity index (χ1) is 17.0. The number of phenols is 1. The maximum atomic E-state index is 11.8. The fourth-order valence-electron chi connectivity index (χ4n) is 4.03. The van der Waals surface area contributed by atoms with E-state index in [4.69, 9.17) is 16.3 Å². The maximum absolute atomic E-state index is 11.8. The maximum Gasteiger partial charge on any atom is 0.163 e. The van der Waals surface area contributed by atoms with E-state index in [2.05, 4.69) is 26.6 Å². The highest BCUT2D eigenvalue weighted by Gasteiger charge is 2.19. The Bertz CT molecular complexity index is 1090. The lowest BCUT2D eigenvalue weighted by Gasteiger charge is -2.16. The molecule has 2 aromatic heterocycles. The highest BCUT2D eigenvalue weighted by Crippen LogP contribution is 2.39. The zero-order valence-electron chi connectivity index (χ0n) is 20.5. The molecule has 0 radical (unpaired) electrons. The molecule has 188 valence electrons. The van der Waals surface area contributed by atoms with Gasteiger partial charge >= 0.3 is 0 Å². The quantitative estimate of drug-likeness (QED) is 0.220. The van der Waals surface area contributed by atoms with Gasteiger partial charge in [-0.05, 0) is 80.0 Å². The van der Waals surface area contributed by atoms with Gasteiger partial charge in [-0.15, -0.1) is 5.10 Å². The van der Waals surface area contributed by atoms with Gasteiger partial charge < -0.3 is 9.84 Å². The van der Waals surface area contributed by atoms with Gasteiger partial charge in [0.1, 0.15) is 11.5 Å². The number of hydrogen-bond acceptors (Lipinski definition) is 7. The number of carbonyl (C=O) groups excluding carboxylic acids is 1. The number of ketones is 1. The van der Waals surface area contributed by atoms with Crippen LogP contribution >= 0.6 is 11.6 Å². The minimum Gasteiger partial charge on any atom is -0.507 e. The third-order valence-corrected chi connectivity index (χ3v) is 6.17. The minimum atomic E-state index is -0.218. The minimum absolute atomic E-state index is 0.0222. The summed E-state index contributed by atoms with van der Waals surface area (Å²) in [6, 6.07) is 5.55. The molecule has 8 nitrogen and oxygen atoms in total. The summed E-state index contributed by atoms with van der Waals surface area (Å²) in [5.41, 5.74) is 2.09. The molecule has 0 spiro atoms. The molecule has 0 unspecified atom stereocenters. The van der Waals surface area contributed by atoms with Gasteiger partial charge in [-0.3, -0.25) is 9.78 Å². The molecule has 35 heavy (non-hydrogen) atoms. The van der Waals surface area contributed by atoms with E-state index in [1.165, 1.54) is 18.6 Å². The van der Waals surface area contributed by atoms with Crippen LogP contribution in [0.4, 0.5) is 0 Å². The van der Waals surface area contributed by atoms with Crippen LogP contribution in [-0.2, 0) is 25.8 Å². The molecule has 0 aliphatic rings. The molecule has 3 rings (SSSR count). The summed E-state index contributed by atoms with van der Waals surface area (Å²) in [4.78, 5) is 15.9. The average molecular weight is 500 g/mol. The molecule has 3 aromatic rings. The summed E-state index contributed by atoms with van der Waals surface area (Å²) in [6.07, 6.45) is 11.7. The van der Waals surface area contributed by atoms with Gasteiger partial charge in [0, 0.05) is 30.9 Å². The Morgan fingerprint density at radius 2 is 1.97 bits per heavy atom. The van der Waals surface area contributed by atoms with Crippen molar-refractivity contribution in [1.82, 2.24) is 25.2 Å². The van der Waals surface area contributed by atoms with Crippen molar-refractivity contribution in [2.24, 2.45) is 0 Å². The standard InChI is InChI=1S/C26H34ClN5O3/c1-3-10-21-25(34)22(19(2)33)17-23(27)26(21)35-16-8-4-5-13-24-29-30-31-32(24)15-7-6-11-20-12-9-14-28-18-20/h9,12,14,17-18,34H,3-8,10-11,13,15-16H2,1-2H3. The van der Waals surface area contributed by atoms with Crippen LogP contribution in [-0.4, -0.2) is 42.7 Å². The normalized spacial score (nSPS) is 11.1. The van der Waals surface area contributed by atoms with Crippen LogP contribution in [0.3, 0.4) is 0 Å². The van der Waals surface area contributed by atoms with Crippen molar-refractivity contribution >= 4 is 17.4 Å². The van der Waals surface area contributed by atoms with Gasteiger partial charge in [0.15, 0.2) is 11.6 Å². The first-order valence-corrected chi connectivity index (χ1v) is 12.7. The molecule has 0 saturated carbocycles. The second kappa shape index (κ2) is 13.8. The molecule has 1 aromatic carbocycles. The van der Waals surface area contributed by atoms with Crippen molar-refractivity contribution in [3.8, 4) is 11.5 Å². The number of nitrogens with zero attached hydrogens (tertiary/aromatic N) is 5. The van der Waals surface area contributed by atoms with Crippen LogP contribution in [0.2, 0.25) is 5.02 Å². The third-order valence-electron chi connectivity index (χ3n) is 5.89. The van der Waals surface area contributed by atoms with E-state index in [0.29, 0.717) is 29.4 Å². The van der Waals surface area contributed by atoms with Crippen molar-refractivity contribution in [1.29, 1.82) is 0 Å². The number of pyridine rings is 1. The van der Waals surface area contributed by atoms with E-state index in [9.17, 15) is 9.90 Å². The van der Waals surface area contributed by atoms with E-state index in [-0.39, 0.29) is 17.1 Å². The lowest BCUT2D eigenvalue weighted by molar-refractivity contribution is 0.101. The van der Waals surface area contributed by atoms with Gasteiger partial charge in [0.05, 0.1) is 17.2 Å². The summed E-state index contributed by atoms with van der Waals surface area (Å²) in [6.45, 7) is 4.71. The zero-order valence-corrected chi connectivity index (χ0v) is 21.3. The van der Waals surface area contributed by atoms with Gasteiger partial charge in [-0.25, -0.2) is 4.68 Å². The lowest BCUT2D eigenvalue weighted by Crippen LogP contribution is -2.07. The number of Topliss-reactive ketones (excluding diaryl/α,β-unsaturated/α-hetero) is 1. The van der Waals surface area contributed by atoms with Crippen LogP contribution in [0.1, 0.15) is 79.7 Å². The number of ether oxygens (including phenoxy) is 1. The van der Waals surface area contributed by atoms with Crippen LogP contribution < -0.4 is 4.74 Å². The Morgan fingerprint density at radius 3 is 2.71 bits per heavy atom. The highest BCUT2D eigenvalue weighted by atomic mass is 35.5. The number of aryl methyl sites for hydroxylation is 3. The average Bonchev–Trinajstić information content (AvgIpc) is 3.30. The number of phenolic OH excluding ortho intramolecular Hbond substituents is 1. The molecule has 9 heteroatoms. The summed E-state index contributed by atoms with van der Waals surface area (Å²) in [5.74, 6) is 1.15. The number of carbonyl (C=O) groups is 1. The summed E-state index contributed by atoms with van der Waals surface area (Å²) < 4.78 is 7.84. The van der Waals surface area contributed by atoms with E-state index in [1.807, 2.05) is 23.9 Å². The molecule has 0 aliphatic carbocycles. The van der Waals surface area contributed by atoms with Gasteiger partial charge in [-0.2, -0.15) is 0 Å². The Hall–Kier alpha value is -3.00. The SMILES string of the molecule is CCCc1c(O)c(C(C)=O)cc(Cl)c1OCCCCCc1nnnn1CCCCc1cccnc1. The predicted molar refractivity (Wildman–Crippen MR) is 135 cm³/mol. The van der Waals surface area contributed by atoms with Gasteiger partial charge in [0.2, 0.25) is 0 Å². The van der Waals surface area contributed by atoms with E-state index in [1.54, 1.807) is 6.20 Å². The fraction of sp³-hybridized carbons (Fsp3) is 0.500. The van der Waals surface area contributed by atoms with Crippen molar-refractivity contribution in [2.45, 2.75) is 78.2 Å². The predicted octanol–water partition coefficient (Wildman–Crippen LogP) is 5.40. The zero-order chi connectivity index (χ0) is 25.0. The topological polar surface area (TPSA) is 103 Å². The second-order valence-corrected chi connectivity index (χ2v) is 9.07. The summed E-state index contributed by atoms with van der Waals surface area (Å²) in [5, 5.41) is 23.0. The summed E-state index contributed by atoms with van der Waals surface area (Å²) >= 11 is 6.38. The number of rotatable bonds is 15. The smallest absolute Gasteiger partial charge is 0.163 e. The largest absolute Gasteiger partial charge is 0.507 e. The number of tetrazole rings is 1. The molecule has 0 amide bonds. The third kappa shape index (κ3) is 7.75. The Balaban J connectivity index is 1.41. The monoisotopic (exact) mass is 499 g/mol. The van der Waals surface area contributed by atoms with Crippen molar-refractivity contribution in [3.63, 3.8) is 0 Å². The molecule has 1 N–H and O–H groups in total. The molecule has 2 heterocycles. The second-order valence-electron chi connectivity index (χ2n) is 8.66. The summed E-state index contributed by atoms with van der Waals surface area (Å²) in [7, 11) is 0.